The highest BCUT2D eigenvalue weighted by molar-refractivity contribution is 7.92. The lowest BCUT2D eigenvalue weighted by Gasteiger charge is -2.29. The third-order valence-corrected chi connectivity index (χ3v) is 7.41. The zero-order valence-corrected chi connectivity index (χ0v) is 23.0. The predicted molar refractivity (Wildman–Crippen MR) is 144 cm³/mol. The van der Waals surface area contributed by atoms with Crippen molar-refractivity contribution < 1.29 is 22.7 Å². The second kappa shape index (κ2) is 13.3. The number of nitrogens with zero attached hydrogens (tertiary/aromatic N) is 2. The van der Waals surface area contributed by atoms with Crippen molar-refractivity contribution in [2.24, 2.45) is 0 Å². The molecule has 9 heteroatoms. The number of nitrogens with one attached hydrogen (secondary N) is 1. The molecular weight excluding hydrogens is 478 g/mol. The molecule has 0 aliphatic carbocycles. The number of hydrogen-bond acceptors (Lipinski definition) is 5. The molecule has 2 rings (SSSR count). The van der Waals surface area contributed by atoms with E-state index < -0.39 is 16.1 Å². The standard InChI is InChI=1S/C27H39N3O5S/c1-7-17-28-27(32)22(4)29(19-23-13-15-24(35-5)16-14-23)26(31)12-9-18-30(36(6,33)34)25-11-8-10-20(2)21(25)3/h8,10-11,13-16,22H,7,9,12,17-19H2,1-6H3,(H,28,32)/t22-/m1/s1. The number of anilines is 1. The van der Waals surface area contributed by atoms with Crippen LogP contribution in [0.3, 0.4) is 0 Å². The first kappa shape index (κ1) is 29.2. The topological polar surface area (TPSA) is 96.0 Å². The lowest BCUT2D eigenvalue weighted by Crippen LogP contribution is -2.47. The van der Waals surface area contributed by atoms with Gasteiger partial charge < -0.3 is 15.0 Å². The molecule has 2 aromatic carbocycles. The maximum Gasteiger partial charge on any atom is 0.242 e. The van der Waals surface area contributed by atoms with E-state index in [1.165, 1.54) is 10.6 Å². The van der Waals surface area contributed by atoms with Gasteiger partial charge >= 0.3 is 0 Å². The minimum Gasteiger partial charge on any atom is -0.497 e. The van der Waals surface area contributed by atoms with Crippen molar-refractivity contribution in [3.05, 3.63) is 59.2 Å². The van der Waals surface area contributed by atoms with Gasteiger partial charge in [-0.3, -0.25) is 13.9 Å². The van der Waals surface area contributed by atoms with Gasteiger partial charge in [0.2, 0.25) is 21.8 Å². The summed E-state index contributed by atoms with van der Waals surface area (Å²) in [6, 6.07) is 12.2. The molecule has 0 aliphatic heterocycles. The quantitative estimate of drug-likeness (QED) is 0.436. The Morgan fingerprint density at radius 3 is 2.33 bits per heavy atom. The monoisotopic (exact) mass is 517 g/mol. The average Bonchev–Trinajstić information content (AvgIpc) is 2.84. The van der Waals surface area contributed by atoms with Crippen molar-refractivity contribution in [1.29, 1.82) is 0 Å². The van der Waals surface area contributed by atoms with Crippen LogP contribution in [-0.4, -0.2) is 57.6 Å². The van der Waals surface area contributed by atoms with Gasteiger partial charge in [-0.25, -0.2) is 8.42 Å². The molecule has 0 saturated heterocycles. The number of hydrogen-bond donors (Lipinski definition) is 1. The van der Waals surface area contributed by atoms with Crippen molar-refractivity contribution >= 4 is 27.5 Å². The van der Waals surface area contributed by atoms with E-state index in [1.54, 1.807) is 25.0 Å². The summed E-state index contributed by atoms with van der Waals surface area (Å²) in [6.45, 7) is 8.47. The van der Waals surface area contributed by atoms with Gasteiger partial charge in [0.05, 0.1) is 19.1 Å². The fraction of sp³-hybridized carbons (Fsp3) is 0.481. The summed E-state index contributed by atoms with van der Waals surface area (Å²) in [5.74, 6) is 0.281. The zero-order chi connectivity index (χ0) is 26.9. The van der Waals surface area contributed by atoms with Crippen LogP contribution in [0.2, 0.25) is 0 Å². The number of methoxy groups -OCH3 is 1. The Kier molecular flexibility index (Phi) is 10.8. The second-order valence-corrected chi connectivity index (χ2v) is 10.9. The number of rotatable bonds is 13. The fourth-order valence-electron chi connectivity index (χ4n) is 3.89. The molecule has 2 amide bonds. The van der Waals surface area contributed by atoms with E-state index in [4.69, 9.17) is 4.74 Å². The lowest BCUT2D eigenvalue weighted by molar-refractivity contribution is -0.140. The van der Waals surface area contributed by atoms with Crippen LogP contribution < -0.4 is 14.4 Å². The minimum atomic E-state index is -3.54. The highest BCUT2D eigenvalue weighted by Crippen LogP contribution is 2.25. The minimum absolute atomic E-state index is 0.110. The Hall–Kier alpha value is -3.07. The molecule has 1 atom stereocenters. The van der Waals surface area contributed by atoms with Gasteiger partial charge in [-0.1, -0.05) is 31.2 Å². The predicted octanol–water partition coefficient (Wildman–Crippen LogP) is 3.80. The third kappa shape index (κ3) is 7.98. The number of carbonyl (C=O) groups is 2. The molecule has 1 N–H and O–H groups in total. The molecule has 2 aromatic rings. The molecule has 0 bridgehead atoms. The molecule has 8 nitrogen and oxygen atoms in total. The SMILES string of the molecule is CCCNC(=O)[C@@H](C)N(Cc1ccc(OC)cc1)C(=O)CCCN(c1cccc(C)c1C)S(C)(=O)=O. The van der Waals surface area contributed by atoms with E-state index in [-0.39, 0.29) is 31.3 Å². The molecule has 0 unspecified atom stereocenters. The molecule has 0 heterocycles. The van der Waals surface area contributed by atoms with E-state index in [9.17, 15) is 18.0 Å². The molecular formula is C27H39N3O5S. The number of carbonyl (C=O) groups excluding carboxylic acids is 2. The average molecular weight is 518 g/mol. The van der Waals surface area contributed by atoms with Crippen LogP contribution >= 0.6 is 0 Å². The molecule has 0 spiro atoms. The van der Waals surface area contributed by atoms with Crippen LogP contribution in [0, 0.1) is 13.8 Å². The Morgan fingerprint density at radius 2 is 1.75 bits per heavy atom. The first-order valence-electron chi connectivity index (χ1n) is 12.2. The Labute approximate surface area is 215 Å². The first-order chi connectivity index (χ1) is 17.0. The summed E-state index contributed by atoms with van der Waals surface area (Å²) in [5, 5.41) is 2.86. The maximum absolute atomic E-state index is 13.3. The highest BCUT2D eigenvalue weighted by atomic mass is 32.2. The Bertz CT molecular complexity index is 1130. The molecule has 0 aliphatic rings. The van der Waals surface area contributed by atoms with Crippen molar-refractivity contribution in [2.75, 3.05) is 30.8 Å². The summed E-state index contributed by atoms with van der Waals surface area (Å²) in [7, 11) is -1.95. The van der Waals surface area contributed by atoms with Gasteiger partial charge in [0.1, 0.15) is 11.8 Å². The number of aryl methyl sites for hydroxylation is 1. The molecule has 0 fully saturated rings. The summed E-state index contributed by atoms with van der Waals surface area (Å²) in [6.07, 6.45) is 2.40. The molecule has 0 radical (unpaired) electrons. The van der Waals surface area contributed by atoms with Gasteiger partial charge in [-0.15, -0.1) is 0 Å². The van der Waals surface area contributed by atoms with E-state index in [0.717, 1.165) is 23.1 Å². The van der Waals surface area contributed by atoms with E-state index in [2.05, 4.69) is 5.32 Å². The van der Waals surface area contributed by atoms with Gasteiger partial charge in [0.25, 0.3) is 0 Å². The van der Waals surface area contributed by atoms with Crippen molar-refractivity contribution in [3.8, 4) is 5.75 Å². The third-order valence-electron chi connectivity index (χ3n) is 6.23. The van der Waals surface area contributed by atoms with Crippen LogP contribution in [0.15, 0.2) is 42.5 Å². The van der Waals surface area contributed by atoms with E-state index in [1.807, 2.05) is 57.2 Å². The number of benzene rings is 2. The van der Waals surface area contributed by atoms with Gasteiger partial charge in [-0.2, -0.15) is 0 Å². The van der Waals surface area contributed by atoms with Crippen molar-refractivity contribution in [1.82, 2.24) is 10.2 Å². The summed E-state index contributed by atoms with van der Waals surface area (Å²) >= 11 is 0. The maximum atomic E-state index is 13.3. The molecule has 0 saturated carbocycles. The number of amides is 2. The number of ether oxygens (including phenoxy) is 1. The summed E-state index contributed by atoms with van der Waals surface area (Å²) in [5.41, 5.74) is 3.37. The van der Waals surface area contributed by atoms with Crippen LogP contribution in [0.5, 0.6) is 5.75 Å². The van der Waals surface area contributed by atoms with Crippen LogP contribution in [-0.2, 0) is 26.2 Å². The normalized spacial score (nSPS) is 12.1. The lowest BCUT2D eigenvalue weighted by atomic mass is 10.1. The number of sulfonamides is 1. The summed E-state index contributed by atoms with van der Waals surface area (Å²) < 4.78 is 31.7. The Balaban J connectivity index is 2.19. The fourth-order valence-corrected chi connectivity index (χ4v) is 4.91. The van der Waals surface area contributed by atoms with Gasteiger partial charge in [-0.05, 0) is 68.5 Å². The smallest absolute Gasteiger partial charge is 0.242 e. The zero-order valence-electron chi connectivity index (χ0n) is 22.2. The van der Waals surface area contributed by atoms with Gasteiger partial charge in [0.15, 0.2) is 0 Å². The molecule has 36 heavy (non-hydrogen) atoms. The summed E-state index contributed by atoms with van der Waals surface area (Å²) in [4.78, 5) is 27.6. The van der Waals surface area contributed by atoms with Crippen LogP contribution in [0.25, 0.3) is 0 Å². The van der Waals surface area contributed by atoms with Crippen molar-refractivity contribution in [2.45, 2.75) is 59.5 Å². The largest absolute Gasteiger partial charge is 0.497 e. The molecule has 198 valence electrons. The van der Waals surface area contributed by atoms with E-state index >= 15 is 0 Å². The first-order valence-corrected chi connectivity index (χ1v) is 14.1. The van der Waals surface area contributed by atoms with Crippen molar-refractivity contribution in [3.63, 3.8) is 0 Å². The van der Waals surface area contributed by atoms with Crippen LogP contribution in [0.1, 0.15) is 49.8 Å². The highest BCUT2D eigenvalue weighted by Gasteiger charge is 2.26. The molecule has 0 aromatic heterocycles. The second-order valence-electron chi connectivity index (χ2n) is 8.99. The Morgan fingerprint density at radius 1 is 1.08 bits per heavy atom. The van der Waals surface area contributed by atoms with E-state index in [0.29, 0.717) is 24.4 Å². The van der Waals surface area contributed by atoms with Gasteiger partial charge in [0, 0.05) is 26.1 Å². The van der Waals surface area contributed by atoms with Crippen LogP contribution in [0.4, 0.5) is 5.69 Å².